The molecule has 1 N–H and O–H groups in total. The monoisotopic (exact) mass is 354 g/mol. The average molecular weight is 354 g/mol. The molecule has 7 nitrogen and oxygen atoms in total. The molecule has 4 rings (SSSR count). The molecule has 136 valence electrons. The van der Waals surface area contributed by atoms with E-state index >= 15 is 0 Å². The maximum Gasteiger partial charge on any atom is 0.326 e. The normalized spacial score (nSPS) is 22.3. The molecule has 0 radical (unpaired) electrons. The first-order valence-electron chi connectivity index (χ1n) is 8.90. The molecule has 7 heteroatoms. The summed E-state index contributed by atoms with van der Waals surface area (Å²) in [5.41, 5.74) is 3.15. The number of hydrogen-bond donors (Lipinski definition) is 1. The summed E-state index contributed by atoms with van der Waals surface area (Å²) in [6.07, 6.45) is 5.25. The minimum atomic E-state index is -0.895. The van der Waals surface area contributed by atoms with Crippen LogP contribution in [-0.4, -0.2) is 50.3 Å². The molecule has 0 spiro atoms. The maximum atomic E-state index is 13.2. The first-order valence-corrected chi connectivity index (χ1v) is 8.90. The molecule has 1 amide bonds. The van der Waals surface area contributed by atoms with Gasteiger partial charge < -0.3 is 14.9 Å². The fourth-order valence-electron chi connectivity index (χ4n) is 4.09. The van der Waals surface area contributed by atoms with Gasteiger partial charge in [-0.05, 0) is 30.4 Å². The number of carboxylic acids is 1. The number of benzene rings is 1. The lowest BCUT2D eigenvalue weighted by Gasteiger charge is -2.35. The summed E-state index contributed by atoms with van der Waals surface area (Å²) in [6.45, 7) is 1.26. The topological polar surface area (TPSA) is 78.7 Å². The molecule has 2 atom stereocenters. The van der Waals surface area contributed by atoms with Crippen LogP contribution >= 0.6 is 0 Å². The summed E-state index contributed by atoms with van der Waals surface area (Å²) in [4.78, 5) is 28.5. The van der Waals surface area contributed by atoms with Gasteiger partial charge in [0.2, 0.25) is 5.91 Å². The molecule has 26 heavy (non-hydrogen) atoms. The number of anilines is 1. The van der Waals surface area contributed by atoms with Crippen molar-refractivity contribution in [3.63, 3.8) is 0 Å². The lowest BCUT2D eigenvalue weighted by molar-refractivity contribution is -0.138. The van der Waals surface area contributed by atoms with Crippen molar-refractivity contribution in [2.45, 2.75) is 37.9 Å². The molecule has 2 aromatic rings. The predicted octanol–water partition coefficient (Wildman–Crippen LogP) is 1.43. The predicted molar refractivity (Wildman–Crippen MR) is 95.7 cm³/mol. The van der Waals surface area contributed by atoms with Crippen molar-refractivity contribution in [3.05, 3.63) is 47.8 Å². The molecule has 2 unspecified atom stereocenters. The largest absolute Gasteiger partial charge is 0.480 e. The van der Waals surface area contributed by atoms with Crippen molar-refractivity contribution in [2.24, 2.45) is 7.05 Å². The minimum Gasteiger partial charge on any atom is -0.480 e. The Balaban J connectivity index is 1.59. The van der Waals surface area contributed by atoms with Crippen LogP contribution in [0.15, 0.2) is 36.7 Å². The van der Waals surface area contributed by atoms with Gasteiger partial charge in [-0.2, -0.15) is 5.10 Å². The van der Waals surface area contributed by atoms with Crippen LogP contribution in [0.4, 0.5) is 5.69 Å². The Labute approximate surface area is 151 Å². The van der Waals surface area contributed by atoms with E-state index in [4.69, 9.17) is 0 Å². The van der Waals surface area contributed by atoms with Crippen LogP contribution < -0.4 is 4.90 Å². The van der Waals surface area contributed by atoms with Gasteiger partial charge in [0.05, 0.1) is 11.9 Å². The summed E-state index contributed by atoms with van der Waals surface area (Å²) in [5, 5.41) is 13.7. The van der Waals surface area contributed by atoms with E-state index in [0.717, 1.165) is 6.42 Å². The summed E-state index contributed by atoms with van der Waals surface area (Å²) in [6, 6.07) is 7.03. The van der Waals surface area contributed by atoms with Gasteiger partial charge in [-0.1, -0.05) is 24.3 Å². The molecule has 1 saturated heterocycles. The number of amides is 1. The SMILES string of the molecule is Cn1cc(N2C(C(=O)O)CCC2C(=O)N2CCc3ccccc3C2)cn1. The molecule has 0 bridgehead atoms. The molecular formula is C19H22N4O3. The van der Waals surface area contributed by atoms with E-state index in [-0.39, 0.29) is 5.91 Å². The highest BCUT2D eigenvalue weighted by Crippen LogP contribution is 2.32. The third-order valence-electron chi connectivity index (χ3n) is 5.39. The van der Waals surface area contributed by atoms with Crippen molar-refractivity contribution in [2.75, 3.05) is 11.4 Å². The Kier molecular flexibility index (Phi) is 4.14. The highest BCUT2D eigenvalue weighted by atomic mass is 16.4. The van der Waals surface area contributed by atoms with Gasteiger partial charge in [-0.3, -0.25) is 9.48 Å². The fourth-order valence-corrected chi connectivity index (χ4v) is 4.09. The van der Waals surface area contributed by atoms with Crippen LogP contribution in [-0.2, 0) is 29.6 Å². The highest BCUT2D eigenvalue weighted by molar-refractivity contribution is 5.90. The minimum absolute atomic E-state index is 0.00658. The van der Waals surface area contributed by atoms with E-state index in [0.29, 0.717) is 31.6 Å². The number of carboxylic acid groups (broad SMARTS) is 1. The number of nitrogens with zero attached hydrogens (tertiary/aromatic N) is 4. The third kappa shape index (κ3) is 2.83. The fraction of sp³-hybridized carbons (Fsp3) is 0.421. The van der Waals surface area contributed by atoms with Crippen molar-refractivity contribution in [1.82, 2.24) is 14.7 Å². The van der Waals surface area contributed by atoms with Crippen molar-refractivity contribution < 1.29 is 14.7 Å². The smallest absolute Gasteiger partial charge is 0.326 e. The number of aryl methyl sites for hydroxylation is 1. The lowest BCUT2D eigenvalue weighted by atomic mass is 9.99. The van der Waals surface area contributed by atoms with Gasteiger partial charge in [-0.15, -0.1) is 0 Å². The molecular weight excluding hydrogens is 332 g/mol. The number of rotatable bonds is 3. The van der Waals surface area contributed by atoms with Crippen LogP contribution in [0.5, 0.6) is 0 Å². The Bertz CT molecular complexity index is 847. The van der Waals surface area contributed by atoms with Crippen LogP contribution in [0.1, 0.15) is 24.0 Å². The summed E-state index contributed by atoms with van der Waals surface area (Å²) < 4.78 is 1.63. The second-order valence-electron chi connectivity index (χ2n) is 7.01. The number of aromatic nitrogens is 2. The molecule has 0 saturated carbocycles. The lowest BCUT2D eigenvalue weighted by Crippen LogP contribution is -2.50. The van der Waals surface area contributed by atoms with Crippen molar-refractivity contribution in [1.29, 1.82) is 0 Å². The Hall–Kier alpha value is -2.83. The summed E-state index contributed by atoms with van der Waals surface area (Å²) in [5.74, 6) is -0.889. The zero-order valence-corrected chi connectivity index (χ0v) is 14.7. The van der Waals surface area contributed by atoms with Gasteiger partial charge >= 0.3 is 5.97 Å². The Morgan fingerprint density at radius 3 is 2.58 bits per heavy atom. The summed E-state index contributed by atoms with van der Waals surface area (Å²) in [7, 11) is 1.79. The van der Waals surface area contributed by atoms with Crippen LogP contribution in [0.25, 0.3) is 0 Å². The first kappa shape index (κ1) is 16.6. The number of aliphatic carboxylic acids is 1. The van der Waals surface area contributed by atoms with Gasteiger partial charge in [0, 0.05) is 26.3 Å². The van der Waals surface area contributed by atoms with Gasteiger partial charge in [0.15, 0.2) is 0 Å². The number of hydrogen-bond acceptors (Lipinski definition) is 4. The van der Waals surface area contributed by atoms with Crippen LogP contribution in [0, 0.1) is 0 Å². The van der Waals surface area contributed by atoms with E-state index in [1.165, 1.54) is 11.1 Å². The molecule has 3 heterocycles. The van der Waals surface area contributed by atoms with Crippen LogP contribution in [0.2, 0.25) is 0 Å². The average Bonchev–Trinajstić information content (AvgIpc) is 3.26. The van der Waals surface area contributed by atoms with E-state index in [1.54, 1.807) is 29.0 Å². The van der Waals surface area contributed by atoms with Crippen molar-refractivity contribution in [3.8, 4) is 0 Å². The zero-order chi connectivity index (χ0) is 18.3. The van der Waals surface area contributed by atoms with Gasteiger partial charge in [0.25, 0.3) is 0 Å². The second kappa shape index (κ2) is 6.48. The number of fused-ring (bicyclic) bond motifs is 1. The van der Waals surface area contributed by atoms with E-state index < -0.39 is 18.1 Å². The molecule has 2 aliphatic rings. The van der Waals surface area contributed by atoms with Crippen LogP contribution in [0.3, 0.4) is 0 Å². The molecule has 1 aromatic carbocycles. The standard InChI is InChI=1S/C19H22N4O3/c1-21-12-15(10-20-21)23-16(6-7-17(23)19(25)26)18(24)22-9-8-13-4-2-3-5-14(13)11-22/h2-5,10,12,16-17H,6-9,11H2,1H3,(H,25,26). The van der Waals surface area contributed by atoms with Crippen molar-refractivity contribution >= 4 is 17.6 Å². The quantitative estimate of drug-likeness (QED) is 0.902. The molecule has 2 aliphatic heterocycles. The number of carbonyl (C=O) groups is 2. The maximum absolute atomic E-state index is 13.2. The summed E-state index contributed by atoms with van der Waals surface area (Å²) >= 11 is 0. The van der Waals surface area contributed by atoms with E-state index in [2.05, 4.69) is 17.2 Å². The van der Waals surface area contributed by atoms with E-state index in [9.17, 15) is 14.7 Å². The second-order valence-corrected chi connectivity index (χ2v) is 7.01. The first-order chi connectivity index (χ1) is 12.5. The van der Waals surface area contributed by atoms with Gasteiger partial charge in [-0.25, -0.2) is 4.79 Å². The molecule has 1 aromatic heterocycles. The number of carbonyl (C=O) groups excluding carboxylic acids is 1. The Morgan fingerprint density at radius 2 is 1.88 bits per heavy atom. The van der Waals surface area contributed by atoms with E-state index in [1.807, 2.05) is 17.0 Å². The molecule has 1 fully saturated rings. The third-order valence-corrected chi connectivity index (χ3v) is 5.39. The van der Waals surface area contributed by atoms with Gasteiger partial charge in [0.1, 0.15) is 12.1 Å². The highest BCUT2D eigenvalue weighted by Gasteiger charge is 2.43. The zero-order valence-electron chi connectivity index (χ0n) is 14.7. The molecule has 0 aliphatic carbocycles. The Morgan fingerprint density at radius 1 is 1.15 bits per heavy atom.